The number of hydrogen-bond acceptors (Lipinski definition) is 2. The normalized spacial score (nSPS) is 10.3. The Morgan fingerprint density at radius 3 is 2.25 bits per heavy atom. The summed E-state index contributed by atoms with van der Waals surface area (Å²) in [5.74, 6) is 0. The second-order valence-electron chi connectivity index (χ2n) is 5.06. The SMILES string of the molecule is CCCCN(Cc1ccccc1)c1ccc(NC)cc1. The molecule has 0 saturated heterocycles. The molecule has 1 N–H and O–H groups in total. The monoisotopic (exact) mass is 268 g/mol. The van der Waals surface area contributed by atoms with Gasteiger partial charge in [0.2, 0.25) is 0 Å². The van der Waals surface area contributed by atoms with Gasteiger partial charge in [-0.2, -0.15) is 0 Å². The van der Waals surface area contributed by atoms with Crippen molar-refractivity contribution >= 4 is 11.4 Å². The molecule has 0 heterocycles. The highest BCUT2D eigenvalue weighted by Gasteiger charge is 2.06. The van der Waals surface area contributed by atoms with E-state index in [4.69, 9.17) is 0 Å². The first-order chi connectivity index (χ1) is 9.83. The molecule has 0 saturated carbocycles. The Kier molecular flexibility index (Phi) is 5.48. The van der Waals surface area contributed by atoms with Crippen molar-refractivity contribution in [2.24, 2.45) is 0 Å². The van der Waals surface area contributed by atoms with Crippen LogP contribution in [-0.2, 0) is 6.54 Å². The van der Waals surface area contributed by atoms with Crippen LogP contribution in [0.1, 0.15) is 25.3 Å². The Morgan fingerprint density at radius 1 is 0.950 bits per heavy atom. The predicted molar refractivity (Wildman–Crippen MR) is 88.4 cm³/mol. The molecule has 0 bridgehead atoms. The summed E-state index contributed by atoms with van der Waals surface area (Å²) in [5, 5.41) is 3.17. The van der Waals surface area contributed by atoms with Crippen molar-refractivity contribution in [1.82, 2.24) is 0 Å². The third-order valence-corrected chi connectivity index (χ3v) is 3.52. The lowest BCUT2D eigenvalue weighted by Gasteiger charge is -2.25. The Labute approximate surface area is 122 Å². The molecule has 2 aromatic rings. The summed E-state index contributed by atoms with van der Waals surface area (Å²) in [6, 6.07) is 19.4. The van der Waals surface area contributed by atoms with Crippen molar-refractivity contribution in [3.8, 4) is 0 Å². The molecule has 106 valence electrons. The zero-order chi connectivity index (χ0) is 14.2. The van der Waals surface area contributed by atoms with E-state index in [2.05, 4.69) is 71.7 Å². The van der Waals surface area contributed by atoms with Gasteiger partial charge in [-0.05, 0) is 36.2 Å². The first kappa shape index (κ1) is 14.4. The maximum absolute atomic E-state index is 3.17. The van der Waals surface area contributed by atoms with E-state index in [0.29, 0.717) is 0 Å². The van der Waals surface area contributed by atoms with Crippen LogP contribution in [0.5, 0.6) is 0 Å². The number of nitrogens with one attached hydrogen (secondary N) is 1. The van der Waals surface area contributed by atoms with Gasteiger partial charge in [0.25, 0.3) is 0 Å². The van der Waals surface area contributed by atoms with Crippen LogP contribution in [0.3, 0.4) is 0 Å². The molecule has 0 spiro atoms. The van der Waals surface area contributed by atoms with E-state index in [1.54, 1.807) is 0 Å². The topological polar surface area (TPSA) is 15.3 Å². The molecular weight excluding hydrogens is 244 g/mol. The highest BCUT2D eigenvalue weighted by atomic mass is 15.1. The molecule has 0 aliphatic carbocycles. The smallest absolute Gasteiger partial charge is 0.0429 e. The first-order valence-electron chi connectivity index (χ1n) is 7.40. The van der Waals surface area contributed by atoms with Gasteiger partial charge in [0.05, 0.1) is 0 Å². The van der Waals surface area contributed by atoms with Crippen molar-refractivity contribution in [2.75, 3.05) is 23.8 Å². The molecule has 0 aliphatic rings. The molecule has 2 aromatic carbocycles. The molecule has 2 nitrogen and oxygen atoms in total. The van der Waals surface area contributed by atoms with E-state index in [9.17, 15) is 0 Å². The third-order valence-electron chi connectivity index (χ3n) is 3.52. The minimum atomic E-state index is 0.972. The van der Waals surface area contributed by atoms with Gasteiger partial charge in [-0.3, -0.25) is 0 Å². The lowest BCUT2D eigenvalue weighted by Crippen LogP contribution is -2.23. The van der Waals surface area contributed by atoms with Crippen LogP contribution >= 0.6 is 0 Å². The second-order valence-corrected chi connectivity index (χ2v) is 5.06. The minimum Gasteiger partial charge on any atom is -0.388 e. The van der Waals surface area contributed by atoms with Crippen LogP contribution in [0.4, 0.5) is 11.4 Å². The average Bonchev–Trinajstić information content (AvgIpc) is 2.52. The zero-order valence-corrected chi connectivity index (χ0v) is 12.5. The highest BCUT2D eigenvalue weighted by molar-refractivity contribution is 5.55. The van der Waals surface area contributed by atoms with Crippen molar-refractivity contribution in [3.63, 3.8) is 0 Å². The van der Waals surface area contributed by atoms with Crippen LogP contribution in [0.15, 0.2) is 54.6 Å². The molecule has 0 aromatic heterocycles. The molecule has 20 heavy (non-hydrogen) atoms. The molecule has 0 radical (unpaired) electrons. The first-order valence-corrected chi connectivity index (χ1v) is 7.40. The quantitative estimate of drug-likeness (QED) is 0.793. The van der Waals surface area contributed by atoms with Crippen LogP contribution in [0.25, 0.3) is 0 Å². The summed E-state index contributed by atoms with van der Waals surface area (Å²) >= 11 is 0. The summed E-state index contributed by atoms with van der Waals surface area (Å²) in [4.78, 5) is 2.46. The van der Waals surface area contributed by atoms with Gasteiger partial charge in [-0.25, -0.2) is 0 Å². The van der Waals surface area contributed by atoms with Gasteiger partial charge in [0.1, 0.15) is 0 Å². The van der Waals surface area contributed by atoms with E-state index < -0.39 is 0 Å². The number of benzene rings is 2. The molecule has 2 rings (SSSR count). The predicted octanol–water partition coefficient (Wildman–Crippen LogP) is 4.54. The summed E-state index contributed by atoms with van der Waals surface area (Å²) in [7, 11) is 1.95. The molecule has 0 amide bonds. The van der Waals surface area contributed by atoms with Crippen LogP contribution < -0.4 is 10.2 Å². The van der Waals surface area contributed by atoms with Crippen molar-refractivity contribution in [3.05, 3.63) is 60.2 Å². The molecule has 0 aliphatic heterocycles. The largest absolute Gasteiger partial charge is 0.388 e. The van der Waals surface area contributed by atoms with E-state index in [1.165, 1.54) is 24.1 Å². The van der Waals surface area contributed by atoms with Crippen molar-refractivity contribution in [2.45, 2.75) is 26.3 Å². The number of hydrogen-bond donors (Lipinski definition) is 1. The van der Waals surface area contributed by atoms with E-state index in [1.807, 2.05) is 7.05 Å². The van der Waals surface area contributed by atoms with Crippen LogP contribution in [0, 0.1) is 0 Å². The number of nitrogens with zero attached hydrogens (tertiary/aromatic N) is 1. The second kappa shape index (κ2) is 7.59. The van der Waals surface area contributed by atoms with Gasteiger partial charge in [-0.15, -0.1) is 0 Å². The van der Waals surface area contributed by atoms with Crippen molar-refractivity contribution in [1.29, 1.82) is 0 Å². The minimum absolute atomic E-state index is 0.972. The summed E-state index contributed by atoms with van der Waals surface area (Å²) < 4.78 is 0. The maximum atomic E-state index is 3.17. The summed E-state index contributed by atoms with van der Waals surface area (Å²) in [6.07, 6.45) is 2.44. The third kappa shape index (κ3) is 4.02. The number of anilines is 2. The fourth-order valence-electron chi connectivity index (χ4n) is 2.29. The highest BCUT2D eigenvalue weighted by Crippen LogP contribution is 2.20. The average molecular weight is 268 g/mol. The molecular formula is C18H24N2. The Balaban J connectivity index is 2.13. The summed E-state index contributed by atoms with van der Waals surface area (Å²) in [6.45, 7) is 4.31. The standard InChI is InChI=1S/C18H24N2/c1-3-4-14-20(15-16-8-6-5-7-9-16)18-12-10-17(19-2)11-13-18/h5-13,19H,3-4,14-15H2,1-2H3. The van der Waals surface area contributed by atoms with Gasteiger partial charge in [0, 0.05) is 31.5 Å². The Morgan fingerprint density at radius 2 is 1.65 bits per heavy atom. The van der Waals surface area contributed by atoms with E-state index >= 15 is 0 Å². The summed E-state index contributed by atoms with van der Waals surface area (Å²) in [5.41, 5.74) is 3.81. The Hall–Kier alpha value is -1.96. The number of unbranched alkanes of at least 4 members (excludes halogenated alkanes) is 1. The number of rotatable bonds is 7. The fourth-order valence-corrected chi connectivity index (χ4v) is 2.29. The maximum Gasteiger partial charge on any atom is 0.0429 e. The van der Waals surface area contributed by atoms with Crippen LogP contribution in [0.2, 0.25) is 0 Å². The lowest BCUT2D eigenvalue weighted by molar-refractivity contribution is 0.716. The van der Waals surface area contributed by atoms with Gasteiger partial charge < -0.3 is 10.2 Å². The van der Waals surface area contributed by atoms with Gasteiger partial charge >= 0.3 is 0 Å². The van der Waals surface area contributed by atoms with Gasteiger partial charge in [0.15, 0.2) is 0 Å². The molecule has 0 fully saturated rings. The molecule has 0 atom stereocenters. The van der Waals surface area contributed by atoms with Gasteiger partial charge in [-0.1, -0.05) is 43.7 Å². The van der Waals surface area contributed by atoms with E-state index in [0.717, 1.165) is 18.8 Å². The Bertz CT molecular complexity index is 491. The molecule has 0 unspecified atom stereocenters. The lowest BCUT2D eigenvalue weighted by atomic mass is 10.1. The van der Waals surface area contributed by atoms with Crippen LogP contribution in [-0.4, -0.2) is 13.6 Å². The zero-order valence-electron chi connectivity index (χ0n) is 12.5. The molecule has 2 heteroatoms. The van der Waals surface area contributed by atoms with Crippen molar-refractivity contribution < 1.29 is 0 Å². The fraction of sp³-hybridized carbons (Fsp3) is 0.333. The van der Waals surface area contributed by atoms with E-state index in [-0.39, 0.29) is 0 Å².